The summed E-state index contributed by atoms with van der Waals surface area (Å²) in [5.41, 5.74) is 60.2. The molecule has 0 radical (unpaired) electrons. The van der Waals surface area contributed by atoms with Crippen molar-refractivity contribution in [3.8, 4) is 0 Å². The van der Waals surface area contributed by atoms with Crippen LogP contribution in [0.4, 0.5) is 52.9 Å². The molecule has 0 aliphatic carbocycles. The zero-order chi connectivity index (χ0) is 78.1. The van der Waals surface area contributed by atoms with Crippen LogP contribution in [0.15, 0.2) is 38.0 Å². The lowest BCUT2D eigenvalue weighted by atomic mass is 10.1. The van der Waals surface area contributed by atoms with Crippen molar-refractivity contribution in [1.29, 1.82) is 0 Å². The molecule has 0 saturated carbocycles. The largest absolute Gasteiger partial charge is 0.403 e. The van der Waals surface area contributed by atoms with Gasteiger partial charge in [-0.05, 0) is 0 Å². The lowest BCUT2D eigenvalue weighted by molar-refractivity contribution is -0.0481. The van der Waals surface area contributed by atoms with Gasteiger partial charge in [0.05, 0.1) is 101 Å². The predicted molar refractivity (Wildman–Crippen MR) is 370 cm³/mol. The third-order valence-electron chi connectivity index (χ3n) is 18.5. The van der Waals surface area contributed by atoms with Crippen molar-refractivity contribution in [3.05, 3.63) is 38.0 Å². The zero-order valence-electron chi connectivity index (χ0n) is 56.0. The number of nitrogen functional groups attached to an aromatic ring is 9. The molecule has 0 spiro atoms. The van der Waals surface area contributed by atoms with Crippen LogP contribution in [-0.2, 0) is 60.0 Å². The number of hydrogen-bond acceptors (Lipinski definition) is 43. The number of hydrogen-bond donors (Lipinski definition) is 23. The Labute approximate surface area is 611 Å². The molecule has 56 nitrogen and oxygen atoms in total. The molecule has 5 aliphatic rings. The summed E-state index contributed by atoms with van der Waals surface area (Å²) in [6.07, 6.45) is -15.8. The van der Waals surface area contributed by atoms with E-state index >= 15 is 0 Å². The predicted octanol–water partition coefficient (Wildman–Crippen LogP) is -7.63. The fourth-order valence-electron chi connectivity index (χ4n) is 13.4. The molecule has 0 amide bonds. The minimum Gasteiger partial charge on any atom is -0.394 e. The van der Waals surface area contributed by atoms with Crippen LogP contribution in [0.25, 0.3) is 55.8 Å². The van der Waals surface area contributed by atoms with Gasteiger partial charge < -0.3 is 126 Å². The van der Waals surface area contributed by atoms with Crippen LogP contribution in [0.5, 0.6) is 0 Å². The van der Waals surface area contributed by atoms with E-state index in [-0.39, 0.29) is 115 Å². The quantitative estimate of drug-likeness (QED) is 0.0224. The van der Waals surface area contributed by atoms with Crippen molar-refractivity contribution < 1.29 is 105 Å². The van der Waals surface area contributed by atoms with E-state index in [2.05, 4.69) is 95.1 Å². The van der Waals surface area contributed by atoms with E-state index in [1.54, 1.807) is 0 Å². The highest BCUT2D eigenvalue weighted by molar-refractivity contribution is 7.51. The molecule has 0 bridgehead atoms. The summed E-state index contributed by atoms with van der Waals surface area (Å²) in [7, 11) is -21.4. The van der Waals surface area contributed by atoms with E-state index in [1.165, 1.54) is 28.1 Å². The number of rotatable bonds is 26. The Kier molecular flexibility index (Phi) is 20.1. The van der Waals surface area contributed by atoms with Gasteiger partial charge in [0.2, 0.25) is 23.8 Å². The maximum absolute atomic E-state index is 14.7. The third-order valence-corrected chi connectivity index (χ3v) is 23.1. The standard InChI is InChI=1S/C50H70N34O22P4/c51-20-15(103-43(29(20)86)81-9-64-25-34(53)68-47(57)72-39(25)81)3-98-108(92,93)77-22-17(105-45(31(22)88)83-11-66-27-36(55)70-49(59)74-41(27)83)5-100-110(96,97)79-23-18(106-46(32(23)89)84-12-67-28-37(56)71-50(60)75-42(28)84)6-101-109(94,95)78-21-16(104-44(30(21)87)82-10-65-26-35(54)69-48(58)73-40(26)82)4-99-107(90,91)76-13-1-19(102-14(13)2-85)80-8-63-24-33(52)61-7-62-38(24)80/h7-23,29-32,43-46,85-89H,1-6,51H2,(H2,52,61,62)(H2,76,90,91)(H2,77,92,93)(H2,78,94,95)(H2,79,96,97)(H4,53,57,68,72)(H4,54,58,69,73)(H4,55,59,70,74)(H4,56,60,71,75)/t13-,14+,15+,16+,17+,18+,19+,20+,21+,22+,23+,29+,30+,31+,32+,43+,44+,45+,46+/m0/s1. The number of aliphatic hydroxyl groups excluding tert-OH is 5. The van der Waals surface area contributed by atoms with Gasteiger partial charge in [-0.15, -0.1) is 0 Å². The number of ether oxygens (including phenoxy) is 5. The average molecular weight is 1620 g/mol. The zero-order valence-corrected chi connectivity index (χ0v) is 59.6. The van der Waals surface area contributed by atoms with Crippen molar-refractivity contribution in [2.24, 2.45) is 5.73 Å². The summed E-state index contributed by atoms with van der Waals surface area (Å²) in [6.45, 7) is -4.75. The van der Waals surface area contributed by atoms with Crippen molar-refractivity contribution >= 4 is 140 Å². The summed E-state index contributed by atoms with van der Waals surface area (Å²) >= 11 is 0. The second-order valence-electron chi connectivity index (χ2n) is 25.6. The molecule has 60 heteroatoms. The fraction of sp³-hybridized carbons (Fsp3) is 0.500. The molecule has 15 heterocycles. The molecule has 15 rings (SSSR count). The van der Waals surface area contributed by atoms with Crippen LogP contribution in [0.1, 0.15) is 37.6 Å². The number of aromatic nitrogens is 20. The molecule has 5 aliphatic heterocycles. The maximum Gasteiger partial charge on any atom is 0.403 e. The Morgan fingerprint density at radius 3 is 1.05 bits per heavy atom. The van der Waals surface area contributed by atoms with Crippen LogP contribution >= 0.6 is 31.0 Å². The molecule has 33 N–H and O–H groups in total. The molecule has 592 valence electrons. The van der Waals surface area contributed by atoms with Crippen LogP contribution in [0.2, 0.25) is 0 Å². The molecule has 4 unspecified atom stereocenters. The highest BCUT2D eigenvalue weighted by Gasteiger charge is 2.55. The van der Waals surface area contributed by atoms with Crippen LogP contribution < -0.4 is 77.7 Å². The summed E-state index contributed by atoms with van der Waals surface area (Å²) in [5.74, 6) is -1.98. The molecule has 10 aromatic rings. The van der Waals surface area contributed by atoms with Gasteiger partial charge in [0.25, 0.3) is 0 Å². The molecular formula is C50H70N34O22P4. The molecule has 0 aromatic carbocycles. The second kappa shape index (κ2) is 28.9. The van der Waals surface area contributed by atoms with Crippen molar-refractivity contribution in [2.75, 3.05) is 84.6 Å². The Hall–Kier alpha value is -9.05. The Balaban J connectivity index is 0.669. The van der Waals surface area contributed by atoms with Gasteiger partial charge in [0.15, 0.2) is 82.2 Å². The number of nitrogens with two attached hydrogens (primary N) is 10. The highest BCUT2D eigenvalue weighted by Crippen LogP contribution is 2.50. The number of imidazole rings is 5. The van der Waals surface area contributed by atoms with Gasteiger partial charge in [-0.25, -0.2) is 73.5 Å². The number of nitrogens with one attached hydrogen (secondary N) is 4. The van der Waals surface area contributed by atoms with Crippen molar-refractivity contribution in [1.82, 2.24) is 118 Å². The first kappa shape index (κ1) is 76.3. The number of nitrogens with zero attached hydrogens (tertiary/aromatic N) is 20. The van der Waals surface area contributed by atoms with Crippen LogP contribution in [0, 0.1) is 0 Å². The van der Waals surface area contributed by atoms with E-state index in [4.69, 9.17) is 99.1 Å². The van der Waals surface area contributed by atoms with Gasteiger partial charge in [0, 0.05) is 6.42 Å². The molecule has 110 heavy (non-hydrogen) atoms. The molecule has 10 aromatic heterocycles. The lowest BCUT2D eigenvalue weighted by Crippen LogP contribution is -2.47. The SMILES string of the molecule is Nc1nc(N)c2ncn([C@@H]3O[C@H](COP(=O)(O)N[C@H]4[C@@H](O)[C@H](n5cnc6c(N)nc(N)nc65)O[C@@H]4COP(=O)(O)N[C@H]4[C@@H](O)[C@H](n5cnc6c(N)nc(N)nc65)O[C@@H]4COP(=O)(O)N[C@H]4[C@@H](O)[C@H](n5cnc6c(N)nc(N)nc65)O[C@@H]4COP(=O)(O)N[C@H]4C[C@H](n5cnc6c(N)ncnc65)O[C@@H]4CO)[C@@H](N)[C@H]3O)c2n1. The van der Waals surface area contributed by atoms with E-state index in [0.29, 0.717) is 0 Å². The Morgan fingerprint density at radius 1 is 0.391 bits per heavy atom. The first-order valence-corrected chi connectivity index (χ1v) is 38.8. The Morgan fingerprint density at radius 2 is 0.700 bits per heavy atom. The molecule has 5 saturated heterocycles. The topological polar surface area (TPSA) is 860 Å². The summed E-state index contributed by atoms with van der Waals surface area (Å²) in [6, 6.07) is -8.08. The highest BCUT2D eigenvalue weighted by atomic mass is 31.2. The summed E-state index contributed by atoms with van der Waals surface area (Å²) in [5, 5.41) is 67.3. The molecule has 23 atom stereocenters. The van der Waals surface area contributed by atoms with E-state index in [9.17, 15) is 63.4 Å². The van der Waals surface area contributed by atoms with E-state index < -0.39 is 180 Å². The van der Waals surface area contributed by atoms with Gasteiger partial charge >= 0.3 is 31.0 Å². The van der Waals surface area contributed by atoms with E-state index in [0.717, 1.165) is 32.7 Å². The van der Waals surface area contributed by atoms with Crippen molar-refractivity contribution in [3.63, 3.8) is 0 Å². The minimum atomic E-state index is -5.54. The first-order valence-electron chi connectivity index (χ1n) is 32.4. The fourth-order valence-corrected chi connectivity index (χ4v) is 17.9. The van der Waals surface area contributed by atoms with Crippen molar-refractivity contribution in [2.45, 2.75) is 123 Å². The third kappa shape index (κ3) is 14.5. The molecular weight excluding hydrogens is 1550 g/mol. The average Bonchev–Trinajstić information content (AvgIpc) is 1.62. The summed E-state index contributed by atoms with van der Waals surface area (Å²) < 4.78 is 116. The van der Waals surface area contributed by atoms with Crippen LogP contribution in [-0.4, -0.2) is 261 Å². The number of aliphatic hydroxyl groups is 5. The Bertz CT molecular complexity index is 5380. The smallest absolute Gasteiger partial charge is 0.394 e. The monoisotopic (exact) mass is 1620 g/mol. The maximum atomic E-state index is 14.7. The summed E-state index contributed by atoms with van der Waals surface area (Å²) in [4.78, 5) is 108. The number of fused-ring (bicyclic) bond motifs is 5. The lowest BCUT2D eigenvalue weighted by Gasteiger charge is -2.28. The van der Waals surface area contributed by atoms with Gasteiger partial charge in [-0.1, -0.05) is 0 Å². The minimum absolute atomic E-state index is 0.0308. The second-order valence-corrected chi connectivity index (χ2v) is 31.8. The van der Waals surface area contributed by atoms with E-state index in [1.807, 2.05) is 0 Å². The van der Waals surface area contributed by atoms with Gasteiger partial charge in [-0.3, -0.25) is 40.9 Å². The normalized spacial score (nSPS) is 30.8. The van der Waals surface area contributed by atoms with Crippen LogP contribution in [0.3, 0.4) is 0 Å². The molecule has 5 fully saturated rings. The van der Waals surface area contributed by atoms with Gasteiger partial charge in [0.1, 0.15) is 89.0 Å². The van der Waals surface area contributed by atoms with Gasteiger partial charge in [-0.2, -0.15) is 39.9 Å². The number of anilines is 9. The first-order chi connectivity index (χ1) is 52.1.